The van der Waals surface area contributed by atoms with Crippen LogP contribution in [0.1, 0.15) is 19.4 Å². The fraction of sp³-hybridized carbons (Fsp3) is 0.467. The fourth-order valence-electron chi connectivity index (χ4n) is 1.60. The molecule has 0 saturated heterocycles. The second kappa shape index (κ2) is 7.25. The molecule has 0 fully saturated rings. The molecule has 0 aliphatic heterocycles. The van der Waals surface area contributed by atoms with Crippen LogP contribution in [0.2, 0.25) is 0 Å². The summed E-state index contributed by atoms with van der Waals surface area (Å²) in [5.41, 5.74) is 2.31. The molecule has 0 saturated carbocycles. The van der Waals surface area contributed by atoms with Crippen molar-refractivity contribution in [2.75, 3.05) is 13.7 Å². The lowest BCUT2D eigenvalue weighted by Gasteiger charge is -2.22. The van der Waals surface area contributed by atoms with Crippen molar-refractivity contribution in [1.82, 2.24) is 0 Å². The van der Waals surface area contributed by atoms with Crippen molar-refractivity contribution in [1.29, 1.82) is 0 Å². The minimum Gasteiger partial charge on any atom is -0.378 e. The van der Waals surface area contributed by atoms with E-state index in [0.717, 1.165) is 5.57 Å². The average molecular weight is 234 g/mol. The average Bonchev–Trinajstić information content (AvgIpc) is 2.35. The topological polar surface area (TPSA) is 18.5 Å². The third kappa shape index (κ3) is 4.72. The van der Waals surface area contributed by atoms with Crippen LogP contribution in [-0.2, 0) is 16.1 Å². The molecule has 1 rings (SSSR count). The molecule has 0 aliphatic rings. The van der Waals surface area contributed by atoms with Crippen LogP contribution in [0.3, 0.4) is 0 Å². The highest BCUT2D eigenvalue weighted by Gasteiger charge is 2.17. The van der Waals surface area contributed by atoms with Gasteiger partial charge in [-0.1, -0.05) is 49.4 Å². The van der Waals surface area contributed by atoms with E-state index in [-0.39, 0.29) is 6.10 Å². The molecule has 0 spiro atoms. The summed E-state index contributed by atoms with van der Waals surface area (Å²) in [6, 6.07) is 10.2. The van der Waals surface area contributed by atoms with Crippen molar-refractivity contribution in [2.24, 2.45) is 5.92 Å². The van der Waals surface area contributed by atoms with E-state index >= 15 is 0 Å². The fourth-order valence-corrected chi connectivity index (χ4v) is 1.60. The van der Waals surface area contributed by atoms with Crippen LogP contribution < -0.4 is 0 Å². The van der Waals surface area contributed by atoms with Crippen molar-refractivity contribution < 1.29 is 9.47 Å². The Hall–Kier alpha value is -1.12. The predicted molar refractivity (Wildman–Crippen MR) is 70.9 cm³/mol. The normalized spacial score (nSPS) is 14.3. The number of hydrogen-bond donors (Lipinski definition) is 0. The van der Waals surface area contributed by atoms with Crippen LogP contribution in [0, 0.1) is 5.92 Å². The Balaban J connectivity index is 2.36. The van der Waals surface area contributed by atoms with Gasteiger partial charge in [0.15, 0.2) is 0 Å². The van der Waals surface area contributed by atoms with Gasteiger partial charge in [-0.05, 0) is 12.5 Å². The first-order valence-electron chi connectivity index (χ1n) is 5.95. The van der Waals surface area contributed by atoms with Crippen molar-refractivity contribution in [3.63, 3.8) is 0 Å². The lowest BCUT2D eigenvalue weighted by molar-refractivity contribution is -0.0170. The zero-order valence-corrected chi connectivity index (χ0v) is 11.0. The molecule has 0 amide bonds. The SMILES string of the molecule is C=C(C)[C@H](C)[C@@H](COCc1ccccc1)OC. The lowest BCUT2D eigenvalue weighted by Crippen LogP contribution is -2.26. The van der Waals surface area contributed by atoms with E-state index in [1.807, 2.05) is 25.1 Å². The molecular weight excluding hydrogens is 212 g/mol. The van der Waals surface area contributed by atoms with E-state index in [1.165, 1.54) is 5.56 Å². The maximum Gasteiger partial charge on any atom is 0.0867 e. The van der Waals surface area contributed by atoms with E-state index in [9.17, 15) is 0 Å². The van der Waals surface area contributed by atoms with Crippen LogP contribution >= 0.6 is 0 Å². The number of rotatable bonds is 7. The Kier molecular flexibility index (Phi) is 5.95. The number of benzene rings is 1. The first-order chi connectivity index (χ1) is 8.15. The van der Waals surface area contributed by atoms with Crippen molar-refractivity contribution >= 4 is 0 Å². The molecule has 2 heteroatoms. The first kappa shape index (κ1) is 13.9. The van der Waals surface area contributed by atoms with Gasteiger partial charge in [0.05, 0.1) is 19.3 Å². The summed E-state index contributed by atoms with van der Waals surface area (Å²) in [6.45, 7) is 9.31. The Bertz CT molecular complexity index is 332. The van der Waals surface area contributed by atoms with Gasteiger partial charge in [0, 0.05) is 13.0 Å². The zero-order chi connectivity index (χ0) is 12.7. The largest absolute Gasteiger partial charge is 0.378 e. The van der Waals surface area contributed by atoms with E-state index in [4.69, 9.17) is 9.47 Å². The standard InChI is InChI=1S/C15H22O2/c1-12(2)13(3)15(16-4)11-17-10-14-8-6-5-7-9-14/h5-9,13,15H,1,10-11H2,2-4H3/t13-,15+/m0/s1. The highest BCUT2D eigenvalue weighted by atomic mass is 16.5. The molecule has 1 aromatic carbocycles. The third-order valence-corrected chi connectivity index (χ3v) is 3.03. The highest BCUT2D eigenvalue weighted by Crippen LogP contribution is 2.15. The van der Waals surface area contributed by atoms with Gasteiger partial charge in [-0.15, -0.1) is 0 Å². The van der Waals surface area contributed by atoms with E-state index in [2.05, 4.69) is 25.6 Å². The molecular formula is C15H22O2. The quantitative estimate of drug-likeness (QED) is 0.673. The van der Waals surface area contributed by atoms with Gasteiger partial charge in [0.1, 0.15) is 0 Å². The molecule has 0 heterocycles. The van der Waals surface area contributed by atoms with Crippen molar-refractivity contribution in [3.05, 3.63) is 48.0 Å². The molecule has 94 valence electrons. The van der Waals surface area contributed by atoms with Gasteiger partial charge in [0.25, 0.3) is 0 Å². The van der Waals surface area contributed by atoms with Gasteiger partial charge in [-0.2, -0.15) is 0 Å². The van der Waals surface area contributed by atoms with Crippen LogP contribution in [-0.4, -0.2) is 19.8 Å². The predicted octanol–water partition coefficient (Wildman–Crippen LogP) is 3.43. The van der Waals surface area contributed by atoms with Crippen LogP contribution in [0.5, 0.6) is 0 Å². The molecule has 2 atom stereocenters. The molecule has 2 nitrogen and oxygen atoms in total. The van der Waals surface area contributed by atoms with Gasteiger partial charge in [-0.25, -0.2) is 0 Å². The second-order valence-corrected chi connectivity index (χ2v) is 4.41. The Morgan fingerprint density at radius 1 is 1.29 bits per heavy atom. The number of ether oxygens (including phenoxy) is 2. The summed E-state index contributed by atoms with van der Waals surface area (Å²) in [5.74, 6) is 0.316. The van der Waals surface area contributed by atoms with E-state index < -0.39 is 0 Å². The van der Waals surface area contributed by atoms with Gasteiger partial charge >= 0.3 is 0 Å². The first-order valence-corrected chi connectivity index (χ1v) is 5.95. The maximum atomic E-state index is 5.68. The third-order valence-electron chi connectivity index (χ3n) is 3.03. The molecule has 0 unspecified atom stereocenters. The van der Waals surface area contributed by atoms with Crippen molar-refractivity contribution in [3.8, 4) is 0 Å². The summed E-state index contributed by atoms with van der Waals surface area (Å²) in [4.78, 5) is 0. The molecule has 0 N–H and O–H groups in total. The van der Waals surface area contributed by atoms with Gasteiger partial charge in [0.2, 0.25) is 0 Å². The summed E-state index contributed by atoms with van der Waals surface area (Å²) >= 11 is 0. The monoisotopic (exact) mass is 234 g/mol. The molecule has 17 heavy (non-hydrogen) atoms. The lowest BCUT2D eigenvalue weighted by atomic mass is 9.98. The van der Waals surface area contributed by atoms with Gasteiger partial charge < -0.3 is 9.47 Å². The summed E-state index contributed by atoms with van der Waals surface area (Å²) in [6.07, 6.45) is 0.0798. The number of hydrogen-bond acceptors (Lipinski definition) is 2. The molecule has 1 aromatic rings. The number of methoxy groups -OCH3 is 1. The van der Waals surface area contributed by atoms with Crippen LogP contribution in [0.15, 0.2) is 42.5 Å². The van der Waals surface area contributed by atoms with Gasteiger partial charge in [-0.3, -0.25) is 0 Å². The minimum absolute atomic E-state index is 0.0798. The second-order valence-electron chi connectivity index (χ2n) is 4.41. The smallest absolute Gasteiger partial charge is 0.0867 e. The maximum absolute atomic E-state index is 5.68. The van der Waals surface area contributed by atoms with Crippen LogP contribution in [0.25, 0.3) is 0 Å². The van der Waals surface area contributed by atoms with E-state index in [1.54, 1.807) is 7.11 Å². The Morgan fingerprint density at radius 2 is 1.94 bits per heavy atom. The summed E-state index contributed by atoms with van der Waals surface area (Å²) < 4.78 is 11.1. The zero-order valence-electron chi connectivity index (χ0n) is 11.0. The molecule has 0 aromatic heterocycles. The Labute approximate surface area is 104 Å². The van der Waals surface area contributed by atoms with Crippen LogP contribution in [0.4, 0.5) is 0 Å². The Morgan fingerprint density at radius 3 is 2.47 bits per heavy atom. The van der Waals surface area contributed by atoms with Crippen molar-refractivity contribution in [2.45, 2.75) is 26.6 Å². The minimum atomic E-state index is 0.0798. The molecule has 0 radical (unpaired) electrons. The van der Waals surface area contributed by atoms with E-state index in [0.29, 0.717) is 19.1 Å². The summed E-state index contributed by atoms with van der Waals surface area (Å²) in [7, 11) is 1.72. The highest BCUT2D eigenvalue weighted by molar-refractivity contribution is 5.13. The molecule has 0 bridgehead atoms. The molecule has 0 aliphatic carbocycles. The summed E-state index contributed by atoms with van der Waals surface area (Å²) in [5, 5.41) is 0.